The molecule has 2 aliphatic carbocycles. The van der Waals surface area contributed by atoms with Gasteiger partial charge in [0.05, 0.1) is 24.8 Å². The van der Waals surface area contributed by atoms with E-state index >= 15 is 0 Å². The second-order valence-electron chi connectivity index (χ2n) is 15.5. The molecule has 5 unspecified atom stereocenters. The van der Waals surface area contributed by atoms with Crippen LogP contribution in [0, 0.1) is 28.6 Å². The third kappa shape index (κ3) is 8.04. The lowest BCUT2D eigenvalue weighted by Gasteiger charge is -2.38. The lowest BCUT2D eigenvalue weighted by molar-refractivity contribution is -0.145. The molecule has 45 heavy (non-hydrogen) atoms. The van der Waals surface area contributed by atoms with Crippen molar-refractivity contribution in [3.8, 4) is 0 Å². The summed E-state index contributed by atoms with van der Waals surface area (Å²) in [7, 11) is 0. The second-order valence-corrected chi connectivity index (χ2v) is 15.5. The average molecular weight is 626 g/mol. The number of hydrogen-bond donors (Lipinski definition) is 4. The zero-order valence-electron chi connectivity index (χ0n) is 27.8. The summed E-state index contributed by atoms with van der Waals surface area (Å²) in [5, 5.41) is 8.61. The molecule has 2 saturated carbocycles. The zero-order valence-corrected chi connectivity index (χ0v) is 27.8. The van der Waals surface area contributed by atoms with Gasteiger partial charge in [0.1, 0.15) is 12.1 Å². The Morgan fingerprint density at radius 3 is 2.22 bits per heavy atom. The van der Waals surface area contributed by atoms with Gasteiger partial charge in [0.15, 0.2) is 0 Å². The highest BCUT2D eigenvalue weighted by atomic mass is 16.5. The first-order chi connectivity index (χ1) is 20.9. The second kappa shape index (κ2) is 13.1. The van der Waals surface area contributed by atoms with Crippen molar-refractivity contribution in [1.82, 2.24) is 20.9 Å². The van der Waals surface area contributed by atoms with Gasteiger partial charge in [-0.05, 0) is 54.4 Å². The van der Waals surface area contributed by atoms with E-state index in [0.717, 1.165) is 24.8 Å². The molecule has 1 aromatic carbocycles. The van der Waals surface area contributed by atoms with Crippen molar-refractivity contribution in [3.05, 3.63) is 35.9 Å². The van der Waals surface area contributed by atoms with Crippen LogP contribution < -0.4 is 21.7 Å². The van der Waals surface area contributed by atoms with Crippen LogP contribution in [0.4, 0.5) is 4.79 Å². The van der Waals surface area contributed by atoms with Crippen molar-refractivity contribution in [2.45, 2.75) is 104 Å². The largest absolute Gasteiger partial charge is 0.374 e. The molecule has 0 bridgehead atoms. The number of Topliss-reactive ketones (excluding diaryl/α,β-unsaturated/α-hetero) is 1. The zero-order chi connectivity index (χ0) is 33.3. The van der Waals surface area contributed by atoms with Crippen LogP contribution in [0.5, 0.6) is 0 Å². The van der Waals surface area contributed by atoms with E-state index in [9.17, 15) is 24.0 Å². The molecule has 0 spiro atoms. The quantitative estimate of drug-likeness (QED) is 0.247. The summed E-state index contributed by atoms with van der Waals surface area (Å²) in [6, 6.07) is 6.43. The minimum absolute atomic E-state index is 0.101. The molecule has 248 valence electrons. The number of nitrogens with one attached hydrogen (secondary N) is 3. The summed E-state index contributed by atoms with van der Waals surface area (Å²) in [6.07, 6.45) is 3.26. The SMILES string of the molecule is CC(C)(COCc1ccccc1)NC(=O)NC(C(=O)N1CC2C(C1C(=O)NC(CC1CCC1)C(=O)C(N)=O)C2(C)C)C(C)(C)C. The fraction of sp³-hybridized carbons (Fsp3) is 0.676. The highest BCUT2D eigenvalue weighted by molar-refractivity contribution is 6.37. The van der Waals surface area contributed by atoms with Crippen molar-refractivity contribution in [2.24, 2.45) is 34.3 Å². The molecule has 5 N–H and O–H groups in total. The van der Waals surface area contributed by atoms with Gasteiger partial charge < -0.3 is 31.3 Å². The highest BCUT2D eigenvalue weighted by Crippen LogP contribution is 2.65. The number of nitrogens with two attached hydrogens (primary N) is 1. The molecule has 5 amide bonds. The number of fused-ring (bicyclic) bond motifs is 1. The van der Waals surface area contributed by atoms with E-state index in [1.54, 1.807) is 4.90 Å². The Balaban J connectivity index is 1.45. The van der Waals surface area contributed by atoms with Gasteiger partial charge >= 0.3 is 6.03 Å². The van der Waals surface area contributed by atoms with E-state index in [4.69, 9.17) is 10.5 Å². The monoisotopic (exact) mass is 625 g/mol. The van der Waals surface area contributed by atoms with Crippen LogP contribution >= 0.6 is 0 Å². The first-order valence-corrected chi connectivity index (χ1v) is 16.1. The Hall–Kier alpha value is -3.47. The lowest BCUT2D eigenvalue weighted by Crippen LogP contribution is -2.62. The smallest absolute Gasteiger partial charge is 0.315 e. The minimum Gasteiger partial charge on any atom is -0.374 e. The molecule has 11 heteroatoms. The molecule has 3 fully saturated rings. The maximum atomic E-state index is 14.2. The van der Waals surface area contributed by atoms with Crippen LogP contribution in [0.15, 0.2) is 30.3 Å². The number of carbonyl (C=O) groups is 5. The van der Waals surface area contributed by atoms with Crippen LogP contribution in [0.1, 0.15) is 79.7 Å². The van der Waals surface area contributed by atoms with E-state index in [1.165, 1.54) is 0 Å². The Kier molecular flexibility index (Phi) is 10.0. The maximum Gasteiger partial charge on any atom is 0.315 e. The number of piperidine rings is 1. The molecule has 1 heterocycles. The number of carbonyl (C=O) groups excluding carboxylic acids is 5. The van der Waals surface area contributed by atoms with Crippen LogP contribution in [0.3, 0.4) is 0 Å². The van der Waals surface area contributed by atoms with Gasteiger partial charge in [-0.3, -0.25) is 19.2 Å². The predicted molar refractivity (Wildman–Crippen MR) is 169 cm³/mol. The summed E-state index contributed by atoms with van der Waals surface area (Å²) < 4.78 is 5.85. The summed E-state index contributed by atoms with van der Waals surface area (Å²) in [5.41, 5.74) is 4.78. The number of nitrogens with zero attached hydrogens (tertiary/aromatic N) is 1. The first-order valence-electron chi connectivity index (χ1n) is 16.1. The van der Waals surface area contributed by atoms with E-state index in [-0.39, 0.29) is 35.7 Å². The van der Waals surface area contributed by atoms with Crippen molar-refractivity contribution in [2.75, 3.05) is 13.2 Å². The first kappa shape index (κ1) is 34.4. The van der Waals surface area contributed by atoms with Crippen molar-refractivity contribution < 1.29 is 28.7 Å². The van der Waals surface area contributed by atoms with Crippen molar-refractivity contribution in [1.29, 1.82) is 0 Å². The maximum absolute atomic E-state index is 14.2. The highest BCUT2D eigenvalue weighted by Gasteiger charge is 2.70. The number of benzene rings is 1. The third-order valence-corrected chi connectivity index (χ3v) is 9.84. The topological polar surface area (TPSA) is 160 Å². The van der Waals surface area contributed by atoms with E-state index in [0.29, 0.717) is 19.6 Å². The molecule has 1 saturated heterocycles. The summed E-state index contributed by atoms with van der Waals surface area (Å²) in [6.45, 7) is 14.4. The van der Waals surface area contributed by atoms with E-state index in [2.05, 4.69) is 29.8 Å². The Morgan fingerprint density at radius 1 is 1.02 bits per heavy atom. The van der Waals surface area contributed by atoms with Gasteiger partial charge in [-0.15, -0.1) is 0 Å². The number of primary amides is 1. The van der Waals surface area contributed by atoms with Gasteiger partial charge in [-0.1, -0.05) is 84.2 Å². The fourth-order valence-electron chi connectivity index (χ4n) is 6.86. The number of ketones is 1. The van der Waals surface area contributed by atoms with Gasteiger partial charge in [-0.25, -0.2) is 4.79 Å². The molecular weight excluding hydrogens is 574 g/mol. The van der Waals surface area contributed by atoms with Crippen molar-refractivity contribution >= 4 is 29.5 Å². The van der Waals surface area contributed by atoms with Crippen LogP contribution in [0.25, 0.3) is 0 Å². The van der Waals surface area contributed by atoms with Gasteiger partial charge in [0.2, 0.25) is 17.6 Å². The third-order valence-electron chi connectivity index (χ3n) is 9.84. The molecule has 0 aromatic heterocycles. The van der Waals surface area contributed by atoms with Crippen LogP contribution in [-0.2, 0) is 30.5 Å². The van der Waals surface area contributed by atoms with Crippen LogP contribution in [0.2, 0.25) is 0 Å². The summed E-state index contributed by atoms with van der Waals surface area (Å²) in [5.74, 6) is -2.50. The molecule has 4 rings (SSSR count). The van der Waals surface area contributed by atoms with Crippen molar-refractivity contribution in [3.63, 3.8) is 0 Å². The number of rotatable bonds is 13. The summed E-state index contributed by atoms with van der Waals surface area (Å²) >= 11 is 0. The number of ether oxygens (including phenoxy) is 1. The average Bonchev–Trinajstić information content (AvgIpc) is 3.24. The summed E-state index contributed by atoms with van der Waals surface area (Å²) in [4.78, 5) is 67.4. The Bertz CT molecular complexity index is 1290. The normalized spacial score (nSPS) is 23.6. The Morgan fingerprint density at radius 2 is 1.67 bits per heavy atom. The molecule has 1 aliphatic heterocycles. The molecule has 3 aliphatic rings. The van der Waals surface area contributed by atoms with Gasteiger partial charge in [-0.2, -0.15) is 0 Å². The molecule has 11 nitrogen and oxygen atoms in total. The molecular formula is C34H51N5O6. The van der Waals surface area contributed by atoms with E-state index < -0.39 is 52.7 Å². The number of urea groups is 1. The number of amides is 5. The van der Waals surface area contributed by atoms with Gasteiger partial charge in [0, 0.05) is 6.54 Å². The minimum atomic E-state index is -1.08. The molecule has 5 atom stereocenters. The standard InChI is InChI=1S/C34H51N5O6/c1-32(2,3)27(37-31(44)38-33(4,5)19-45-18-21-12-9-8-10-13-21)30(43)39-17-22-24(34(22,6)7)25(39)29(42)36-23(26(40)28(35)41)16-20-14-11-15-20/h8-10,12-13,20,22-25,27H,11,14-19H2,1-7H3,(H2,35,41)(H,36,42)(H2,37,38,44). The van der Waals surface area contributed by atoms with E-state index in [1.807, 2.05) is 65.0 Å². The Labute approximate surface area is 266 Å². The predicted octanol–water partition coefficient (Wildman–Crippen LogP) is 2.91. The molecule has 0 radical (unpaired) electrons. The number of likely N-dealkylation sites (tertiary alicyclic amines) is 1. The number of hydrogen-bond acceptors (Lipinski definition) is 6. The van der Waals surface area contributed by atoms with Crippen LogP contribution in [-0.4, -0.2) is 71.3 Å². The lowest BCUT2D eigenvalue weighted by atomic mass is 9.80. The fourth-order valence-corrected chi connectivity index (χ4v) is 6.86. The molecule has 1 aromatic rings. The van der Waals surface area contributed by atoms with Gasteiger partial charge in [0.25, 0.3) is 5.91 Å².